The number of rotatable bonds is 8. The minimum absolute atomic E-state index is 0.343. The average Bonchev–Trinajstić information content (AvgIpc) is 2.57. The molecule has 142 valence electrons. The zero-order chi connectivity index (χ0) is 20.4. The predicted octanol–water partition coefficient (Wildman–Crippen LogP) is 4.93. The van der Waals surface area contributed by atoms with Crippen LogP contribution in [0, 0.1) is 27.7 Å². The Balaban J connectivity index is 4.09. The van der Waals surface area contributed by atoms with E-state index in [1.165, 1.54) is 33.4 Å². The van der Waals surface area contributed by atoms with Gasteiger partial charge < -0.3 is 0 Å². The van der Waals surface area contributed by atoms with Crippen LogP contribution in [0.4, 0.5) is 0 Å². The highest BCUT2D eigenvalue weighted by atomic mass is 15.0. The smallest absolute Gasteiger partial charge is 0.147 e. The van der Waals surface area contributed by atoms with Gasteiger partial charge in [0.25, 0.3) is 0 Å². The average molecular weight is 355 g/mol. The van der Waals surface area contributed by atoms with Crippen molar-refractivity contribution in [1.29, 1.82) is 0 Å². The van der Waals surface area contributed by atoms with Crippen LogP contribution in [0.3, 0.4) is 0 Å². The van der Waals surface area contributed by atoms with E-state index in [0.29, 0.717) is 0 Å². The molecule has 4 nitrogen and oxygen atoms in total. The third-order valence-electron chi connectivity index (χ3n) is 5.96. The van der Waals surface area contributed by atoms with Gasteiger partial charge in [0.2, 0.25) is 0 Å². The summed E-state index contributed by atoms with van der Waals surface area (Å²) < 4.78 is 0. The largest absolute Gasteiger partial charge is 0.273 e. The minimum Gasteiger partial charge on any atom is -0.273 e. The molecule has 0 saturated heterocycles. The first-order valence-corrected chi connectivity index (χ1v) is 8.88. The fourth-order valence-electron chi connectivity index (χ4n) is 4.21. The summed E-state index contributed by atoms with van der Waals surface area (Å²) in [5.74, 6) is 0. The Morgan fingerprint density at radius 2 is 0.769 bits per heavy atom. The maximum absolute atomic E-state index is 4.24. The van der Waals surface area contributed by atoms with Crippen LogP contribution in [0.5, 0.6) is 0 Å². The van der Waals surface area contributed by atoms with Crippen molar-refractivity contribution in [2.45, 2.75) is 78.6 Å². The van der Waals surface area contributed by atoms with E-state index in [0.717, 1.165) is 0 Å². The molecule has 0 bridgehead atoms. The van der Waals surface area contributed by atoms with Crippen molar-refractivity contribution in [2.75, 3.05) is 0 Å². The molecule has 0 amide bonds. The van der Waals surface area contributed by atoms with Crippen LogP contribution >= 0.6 is 0 Å². The maximum Gasteiger partial charge on any atom is 0.147 e. The van der Waals surface area contributed by atoms with Crippen LogP contribution in [-0.2, 0) is 10.8 Å². The highest BCUT2D eigenvalue weighted by Crippen LogP contribution is 2.45. The number of hydrogen-bond donors (Lipinski definition) is 0. The van der Waals surface area contributed by atoms with Crippen LogP contribution in [0.2, 0.25) is 0 Å². The lowest BCUT2D eigenvalue weighted by Crippen LogP contribution is -2.40. The van der Waals surface area contributed by atoms with E-state index in [-0.39, 0.29) is 23.2 Å². The standard InChI is InChI=1S/C22H34N4/c1-13-14(2)16(4)18(22(7,8)20(25-11)26-12)17(15(13)3)21(5,6)19(23-9)24-10/h19-20H,9-12H2,1-8H3. The molecule has 0 fully saturated rings. The summed E-state index contributed by atoms with van der Waals surface area (Å²) >= 11 is 0. The molecule has 0 aliphatic rings. The number of aliphatic imine (C=N–C) groups is 4. The topological polar surface area (TPSA) is 49.4 Å². The van der Waals surface area contributed by atoms with Gasteiger partial charge in [0, 0.05) is 10.8 Å². The van der Waals surface area contributed by atoms with E-state index in [1.54, 1.807) is 0 Å². The van der Waals surface area contributed by atoms with Crippen molar-refractivity contribution in [2.24, 2.45) is 20.0 Å². The third kappa shape index (κ3) is 3.29. The lowest BCUT2D eigenvalue weighted by Gasteiger charge is -2.41. The molecule has 0 aliphatic heterocycles. The van der Waals surface area contributed by atoms with Gasteiger partial charge in [-0.3, -0.25) is 20.0 Å². The van der Waals surface area contributed by atoms with Crippen molar-refractivity contribution in [1.82, 2.24) is 0 Å². The maximum atomic E-state index is 4.24. The molecule has 0 radical (unpaired) electrons. The Hall–Kier alpha value is -2.10. The van der Waals surface area contributed by atoms with Gasteiger partial charge in [-0.1, -0.05) is 27.7 Å². The van der Waals surface area contributed by atoms with Crippen LogP contribution in [0.15, 0.2) is 20.0 Å². The van der Waals surface area contributed by atoms with Crippen molar-refractivity contribution >= 4 is 26.9 Å². The van der Waals surface area contributed by atoms with E-state index < -0.39 is 0 Å². The third-order valence-corrected chi connectivity index (χ3v) is 5.96. The van der Waals surface area contributed by atoms with Crippen LogP contribution in [0.25, 0.3) is 0 Å². The Kier molecular flexibility index (Phi) is 6.45. The molecule has 1 aromatic carbocycles. The van der Waals surface area contributed by atoms with E-state index in [9.17, 15) is 0 Å². The van der Waals surface area contributed by atoms with Crippen molar-refractivity contribution in [3.05, 3.63) is 33.4 Å². The molecular formula is C22H34N4. The lowest BCUT2D eigenvalue weighted by atomic mass is 9.66. The fraction of sp³-hybridized carbons (Fsp3) is 0.545. The van der Waals surface area contributed by atoms with E-state index in [4.69, 9.17) is 0 Å². The number of nitrogens with zero attached hydrogens (tertiary/aromatic N) is 4. The molecule has 26 heavy (non-hydrogen) atoms. The van der Waals surface area contributed by atoms with Gasteiger partial charge in [0.15, 0.2) is 0 Å². The van der Waals surface area contributed by atoms with Crippen LogP contribution in [0.1, 0.15) is 61.1 Å². The zero-order valence-corrected chi connectivity index (χ0v) is 17.8. The van der Waals surface area contributed by atoms with Gasteiger partial charge in [0.1, 0.15) is 12.3 Å². The molecule has 0 aromatic heterocycles. The molecule has 0 saturated carbocycles. The normalized spacial score (nSPS) is 12.4. The van der Waals surface area contributed by atoms with Crippen molar-refractivity contribution in [3.63, 3.8) is 0 Å². The quantitative estimate of drug-likeness (QED) is 0.594. The molecule has 1 aromatic rings. The van der Waals surface area contributed by atoms with Gasteiger partial charge in [-0.15, -0.1) is 0 Å². The minimum atomic E-state index is -0.379. The summed E-state index contributed by atoms with van der Waals surface area (Å²) in [6, 6.07) is 0. The summed E-state index contributed by atoms with van der Waals surface area (Å²) in [7, 11) is 0. The van der Waals surface area contributed by atoms with Gasteiger partial charge >= 0.3 is 0 Å². The second kappa shape index (κ2) is 7.65. The molecule has 1 rings (SSSR count). The summed E-state index contributed by atoms with van der Waals surface area (Å²) in [5.41, 5.74) is 6.72. The van der Waals surface area contributed by atoms with Gasteiger partial charge in [-0.05, 0) is 87.9 Å². The summed E-state index contributed by atoms with van der Waals surface area (Å²) in [6.07, 6.45) is -0.687. The monoisotopic (exact) mass is 354 g/mol. The Morgan fingerprint density at radius 1 is 0.538 bits per heavy atom. The van der Waals surface area contributed by atoms with Gasteiger partial charge in [-0.25, -0.2) is 0 Å². The summed E-state index contributed by atoms with van der Waals surface area (Å²) in [5, 5.41) is 0. The number of benzene rings is 1. The predicted molar refractivity (Wildman–Crippen MR) is 117 cm³/mol. The fourth-order valence-corrected chi connectivity index (χ4v) is 4.21. The Morgan fingerprint density at radius 3 is 0.962 bits per heavy atom. The van der Waals surface area contributed by atoms with Crippen LogP contribution < -0.4 is 0 Å². The van der Waals surface area contributed by atoms with E-state index >= 15 is 0 Å². The van der Waals surface area contributed by atoms with Crippen molar-refractivity contribution < 1.29 is 0 Å². The van der Waals surface area contributed by atoms with E-state index in [2.05, 4.69) is 102 Å². The molecule has 4 heteroatoms. The summed E-state index contributed by atoms with van der Waals surface area (Å²) in [4.78, 5) is 16.9. The highest BCUT2D eigenvalue weighted by molar-refractivity contribution is 5.57. The zero-order valence-electron chi connectivity index (χ0n) is 17.8. The van der Waals surface area contributed by atoms with Crippen molar-refractivity contribution in [3.8, 4) is 0 Å². The molecule has 0 atom stereocenters. The van der Waals surface area contributed by atoms with Gasteiger partial charge in [0.05, 0.1) is 0 Å². The molecule has 0 aliphatic carbocycles. The first-order valence-electron chi connectivity index (χ1n) is 8.88. The second-order valence-electron chi connectivity index (χ2n) is 8.17. The first kappa shape index (κ1) is 21.9. The lowest BCUT2D eigenvalue weighted by molar-refractivity contribution is 0.382. The highest BCUT2D eigenvalue weighted by Gasteiger charge is 2.41. The molecule has 0 N–H and O–H groups in total. The second-order valence-corrected chi connectivity index (χ2v) is 8.17. The first-order chi connectivity index (χ1) is 11.9. The molecular weight excluding hydrogens is 320 g/mol. The molecule has 0 unspecified atom stereocenters. The van der Waals surface area contributed by atoms with Crippen LogP contribution in [-0.4, -0.2) is 39.2 Å². The Bertz CT molecular complexity index is 662. The SMILES string of the molecule is C=NC(N=C)C(C)(C)c1c(C)c(C)c(C)c(C)c1C(C)(C)C(N=C)N=C. The number of hydrogen-bond acceptors (Lipinski definition) is 4. The summed E-state index contributed by atoms with van der Waals surface area (Å²) in [6.45, 7) is 32.2. The Labute approximate surface area is 159 Å². The van der Waals surface area contributed by atoms with Gasteiger partial charge in [-0.2, -0.15) is 0 Å². The molecule has 0 heterocycles. The van der Waals surface area contributed by atoms with E-state index in [1.807, 2.05) is 0 Å². The molecule has 0 spiro atoms.